The minimum absolute atomic E-state index is 0.197. The van der Waals surface area contributed by atoms with Crippen LogP contribution >= 0.6 is 0 Å². The van der Waals surface area contributed by atoms with Gasteiger partial charge in [0.2, 0.25) is 0 Å². The molecule has 0 amide bonds. The van der Waals surface area contributed by atoms with Crippen molar-refractivity contribution in [2.24, 2.45) is 0 Å². The van der Waals surface area contributed by atoms with Crippen LogP contribution in [0.2, 0.25) is 0 Å². The first-order chi connectivity index (χ1) is 7.19. The Morgan fingerprint density at radius 2 is 1.93 bits per heavy atom. The number of nitrogens with zero attached hydrogens (tertiary/aromatic N) is 1. The lowest BCUT2D eigenvalue weighted by atomic mass is 9.98. The van der Waals surface area contributed by atoms with E-state index in [0.717, 1.165) is 25.2 Å². The summed E-state index contributed by atoms with van der Waals surface area (Å²) in [4.78, 5) is 2.46. The molecule has 3 heteroatoms. The van der Waals surface area contributed by atoms with Crippen molar-refractivity contribution >= 4 is 0 Å². The molecule has 0 saturated carbocycles. The summed E-state index contributed by atoms with van der Waals surface area (Å²) in [5.41, 5.74) is 0. The summed E-state index contributed by atoms with van der Waals surface area (Å²) in [6, 6.07) is 2.19. The maximum atomic E-state index is 9.47. The van der Waals surface area contributed by atoms with Crippen molar-refractivity contribution < 1.29 is 5.11 Å². The van der Waals surface area contributed by atoms with Crippen molar-refractivity contribution in [3.63, 3.8) is 0 Å². The molecule has 0 aromatic rings. The number of hydrogen-bond acceptors (Lipinski definition) is 3. The van der Waals surface area contributed by atoms with Crippen LogP contribution in [0.4, 0.5) is 0 Å². The predicted octanol–water partition coefficient (Wildman–Crippen LogP) is 0.972. The molecular weight excluding hydrogens is 188 g/mol. The smallest absolute Gasteiger partial charge is 0.0639 e. The Morgan fingerprint density at radius 3 is 2.40 bits per heavy atom. The van der Waals surface area contributed by atoms with Gasteiger partial charge in [-0.2, -0.15) is 0 Å². The third-order valence-electron chi connectivity index (χ3n) is 3.87. The number of fused-ring (bicyclic) bond motifs is 2. The van der Waals surface area contributed by atoms with Crippen LogP contribution in [0.1, 0.15) is 39.5 Å². The Hall–Kier alpha value is -0.120. The number of piperidine rings is 1. The summed E-state index contributed by atoms with van der Waals surface area (Å²) in [5, 5.41) is 13.1. The van der Waals surface area contributed by atoms with Gasteiger partial charge >= 0.3 is 0 Å². The lowest BCUT2D eigenvalue weighted by molar-refractivity contribution is 0.0806. The SMILES string of the molecule is CCN(C[C@@H](C)O)C1CC2CCC(C1)N2. The highest BCUT2D eigenvalue weighted by Crippen LogP contribution is 2.29. The van der Waals surface area contributed by atoms with Crippen LogP contribution in [0.25, 0.3) is 0 Å². The zero-order valence-electron chi connectivity index (χ0n) is 9.95. The second-order valence-electron chi connectivity index (χ2n) is 5.20. The topological polar surface area (TPSA) is 35.5 Å². The number of likely N-dealkylation sites (N-methyl/N-ethyl adjacent to an activating group) is 1. The van der Waals surface area contributed by atoms with Gasteiger partial charge in [-0.1, -0.05) is 6.92 Å². The standard InChI is InChI=1S/C12H24N2O/c1-3-14(8-9(2)15)12-6-10-4-5-11(7-12)13-10/h9-13,15H,3-8H2,1-2H3/t9-,10?,11?,12?/m1/s1. The molecule has 2 aliphatic heterocycles. The molecule has 2 saturated heterocycles. The van der Waals surface area contributed by atoms with E-state index in [9.17, 15) is 5.11 Å². The Bertz CT molecular complexity index is 196. The van der Waals surface area contributed by atoms with Crippen LogP contribution in [0.5, 0.6) is 0 Å². The molecule has 0 aromatic heterocycles. The molecule has 0 radical (unpaired) electrons. The highest BCUT2D eigenvalue weighted by atomic mass is 16.3. The number of rotatable bonds is 4. The Labute approximate surface area is 92.8 Å². The van der Waals surface area contributed by atoms with Gasteiger partial charge in [0.25, 0.3) is 0 Å². The molecule has 2 fully saturated rings. The molecule has 0 aromatic carbocycles. The van der Waals surface area contributed by atoms with Gasteiger partial charge in [-0.05, 0) is 39.2 Å². The first-order valence-electron chi connectivity index (χ1n) is 6.37. The number of nitrogens with one attached hydrogen (secondary N) is 1. The van der Waals surface area contributed by atoms with E-state index in [1.54, 1.807) is 0 Å². The fraction of sp³-hybridized carbons (Fsp3) is 1.00. The summed E-state index contributed by atoms with van der Waals surface area (Å²) in [6.07, 6.45) is 5.06. The summed E-state index contributed by atoms with van der Waals surface area (Å²) in [6.45, 7) is 5.99. The molecule has 2 rings (SSSR count). The lowest BCUT2D eigenvalue weighted by Crippen LogP contribution is -2.49. The van der Waals surface area contributed by atoms with Crippen molar-refractivity contribution in [3.05, 3.63) is 0 Å². The maximum absolute atomic E-state index is 9.47. The second kappa shape index (κ2) is 4.81. The van der Waals surface area contributed by atoms with Gasteiger partial charge in [-0.25, -0.2) is 0 Å². The van der Waals surface area contributed by atoms with Gasteiger partial charge in [0.1, 0.15) is 0 Å². The molecule has 2 unspecified atom stereocenters. The minimum Gasteiger partial charge on any atom is -0.392 e. The van der Waals surface area contributed by atoms with Crippen molar-refractivity contribution in [2.45, 2.75) is 63.8 Å². The molecule has 0 aliphatic carbocycles. The quantitative estimate of drug-likeness (QED) is 0.729. The highest BCUT2D eigenvalue weighted by molar-refractivity contribution is 4.95. The third-order valence-corrected chi connectivity index (χ3v) is 3.87. The van der Waals surface area contributed by atoms with E-state index < -0.39 is 0 Å². The van der Waals surface area contributed by atoms with E-state index in [0.29, 0.717) is 6.04 Å². The number of aliphatic hydroxyl groups excluding tert-OH is 1. The summed E-state index contributed by atoms with van der Waals surface area (Å²) in [5.74, 6) is 0. The van der Waals surface area contributed by atoms with Crippen LogP contribution in [0.3, 0.4) is 0 Å². The van der Waals surface area contributed by atoms with E-state index in [-0.39, 0.29) is 6.10 Å². The first kappa shape index (κ1) is 11.4. The fourth-order valence-corrected chi connectivity index (χ4v) is 3.20. The maximum Gasteiger partial charge on any atom is 0.0639 e. The molecule has 2 bridgehead atoms. The van der Waals surface area contributed by atoms with Crippen molar-refractivity contribution in [1.29, 1.82) is 0 Å². The monoisotopic (exact) mass is 212 g/mol. The van der Waals surface area contributed by atoms with Gasteiger partial charge in [0.15, 0.2) is 0 Å². The molecule has 15 heavy (non-hydrogen) atoms. The molecular formula is C12H24N2O. The van der Waals surface area contributed by atoms with E-state index in [2.05, 4.69) is 17.1 Å². The Balaban J connectivity index is 1.91. The Morgan fingerprint density at radius 1 is 1.33 bits per heavy atom. The number of hydrogen-bond donors (Lipinski definition) is 2. The predicted molar refractivity (Wildman–Crippen MR) is 61.9 cm³/mol. The molecule has 88 valence electrons. The Kier molecular flexibility index (Phi) is 3.65. The van der Waals surface area contributed by atoms with Crippen molar-refractivity contribution in [3.8, 4) is 0 Å². The number of aliphatic hydroxyl groups is 1. The van der Waals surface area contributed by atoms with Gasteiger partial charge < -0.3 is 10.4 Å². The largest absolute Gasteiger partial charge is 0.392 e. The average molecular weight is 212 g/mol. The molecule has 3 atom stereocenters. The molecule has 0 spiro atoms. The summed E-state index contributed by atoms with van der Waals surface area (Å²) >= 11 is 0. The van der Waals surface area contributed by atoms with Crippen molar-refractivity contribution in [1.82, 2.24) is 10.2 Å². The fourth-order valence-electron chi connectivity index (χ4n) is 3.20. The minimum atomic E-state index is -0.197. The summed E-state index contributed by atoms with van der Waals surface area (Å²) < 4.78 is 0. The highest BCUT2D eigenvalue weighted by Gasteiger charge is 2.35. The van der Waals surface area contributed by atoms with Gasteiger partial charge in [-0.3, -0.25) is 4.90 Å². The molecule has 3 nitrogen and oxygen atoms in total. The van der Waals surface area contributed by atoms with Gasteiger partial charge in [0, 0.05) is 24.7 Å². The van der Waals surface area contributed by atoms with Crippen LogP contribution in [-0.2, 0) is 0 Å². The van der Waals surface area contributed by atoms with Crippen LogP contribution in [0, 0.1) is 0 Å². The first-order valence-corrected chi connectivity index (χ1v) is 6.37. The van der Waals surface area contributed by atoms with Crippen molar-refractivity contribution in [2.75, 3.05) is 13.1 Å². The van der Waals surface area contributed by atoms with Gasteiger partial charge in [0.05, 0.1) is 6.10 Å². The lowest BCUT2D eigenvalue weighted by Gasteiger charge is -2.37. The molecule has 2 aliphatic rings. The molecule has 2 N–H and O–H groups in total. The van der Waals surface area contributed by atoms with E-state index >= 15 is 0 Å². The molecule has 2 heterocycles. The zero-order chi connectivity index (χ0) is 10.8. The van der Waals surface area contributed by atoms with Gasteiger partial charge in [-0.15, -0.1) is 0 Å². The third kappa shape index (κ3) is 2.71. The second-order valence-corrected chi connectivity index (χ2v) is 5.20. The van der Waals surface area contributed by atoms with E-state index in [4.69, 9.17) is 0 Å². The van der Waals surface area contributed by atoms with Crippen LogP contribution < -0.4 is 5.32 Å². The normalized spacial score (nSPS) is 37.2. The average Bonchev–Trinajstić information content (AvgIpc) is 2.54. The van der Waals surface area contributed by atoms with E-state index in [1.165, 1.54) is 25.7 Å². The summed E-state index contributed by atoms with van der Waals surface area (Å²) in [7, 11) is 0. The van der Waals surface area contributed by atoms with Crippen LogP contribution in [-0.4, -0.2) is 47.3 Å². The van der Waals surface area contributed by atoms with Crippen LogP contribution in [0.15, 0.2) is 0 Å². The van der Waals surface area contributed by atoms with E-state index in [1.807, 2.05) is 6.92 Å². The zero-order valence-corrected chi connectivity index (χ0v) is 9.95.